The standard InChI is InChI=1S/C15H18F3NO2/c1-10(19-8-2-3-12(9-19)14(20)21)11-4-6-13(7-5-11)15(16,17)18/h4-7,10,12H,2-3,8-9H2,1H3,(H,20,21). The Labute approximate surface area is 121 Å². The number of piperidine rings is 1. The summed E-state index contributed by atoms with van der Waals surface area (Å²) < 4.78 is 37.6. The molecule has 2 rings (SSSR count). The number of carboxylic acid groups (broad SMARTS) is 1. The summed E-state index contributed by atoms with van der Waals surface area (Å²) in [5, 5.41) is 9.08. The number of hydrogen-bond acceptors (Lipinski definition) is 2. The molecular formula is C15H18F3NO2. The summed E-state index contributed by atoms with van der Waals surface area (Å²) in [5.41, 5.74) is 0.106. The summed E-state index contributed by atoms with van der Waals surface area (Å²) in [6.45, 7) is 3.11. The second-order valence-corrected chi connectivity index (χ2v) is 5.47. The molecular weight excluding hydrogens is 283 g/mol. The fraction of sp³-hybridized carbons (Fsp3) is 0.533. The Morgan fingerprint density at radius 1 is 1.33 bits per heavy atom. The summed E-state index contributed by atoms with van der Waals surface area (Å²) >= 11 is 0. The van der Waals surface area contributed by atoms with E-state index in [1.807, 2.05) is 11.8 Å². The maximum absolute atomic E-state index is 12.5. The van der Waals surface area contributed by atoms with Crippen molar-refractivity contribution in [1.29, 1.82) is 0 Å². The van der Waals surface area contributed by atoms with E-state index in [1.54, 1.807) is 0 Å². The highest BCUT2D eigenvalue weighted by molar-refractivity contribution is 5.70. The minimum Gasteiger partial charge on any atom is -0.481 e. The highest BCUT2D eigenvalue weighted by Crippen LogP contribution is 2.31. The minimum absolute atomic E-state index is 0.0885. The molecule has 21 heavy (non-hydrogen) atoms. The van der Waals surface area contributed by atoms with E-state index >= 15 is 0 Å². The molecule has 0 aromatic heterocycles. The van der Waals surface area contributed by atoms with Gasteiger partial charge in [-0.05, 0) is 44.0 Å². The fourth-order valence-corrected chi connectivity index (χ4v) is 2.72. The molecule has 3 nitrogen and oxygen atoms in total. The van der Waals surface area contributed by atoms with Crippen molar-refractivity contribution in [3.63, 3.8) is 0 Å². The predicted molar refractivity (Wildman–Crippen MR) is 71.8 cm³/mol. The van der Waals surface area contributed by atoms with Crippen molar-refractivity contribution in [3.8, 4) is 0 Å². The van der Waals surface area contributed by atoms with E-state index in [-0.39, 0.29) is 6.04 Å². The van der Waals surface area contributed by atoms with E-state index < -0.39 is 23.6 Å². The molecule has 1 N–H and O–H groups in total. The lowest BCUT2D eigenvalue weighted by atomic mass is 9.95. The molecule has 1 heterocycles. The molecule has 1 aliphatic rings. The molecule has 2 unspecified atom stereocenters. The lowest BCUT2D eigenvalue weighted by Gasteiger charge is -2.35. The van der Waals surface area contributed by atoms with Crippen molar-refractivity contribution in [1.82, 2.24) is 4.90 Å². The van der Waals surface area contributed by atoms with Gasteiger partial charge in [-0.1, -0.05) is 12.1 Å². The molecule has 0 aliphatic carbocycles. The highest BCUT2D eigenvalue weighted by Gasteiger charge is 2.31. The molecule has 1 aliphatic heterocycles. The van der Waals surface area contributed by atoms with Crippen LogP contribution in [0.1, 0.15) is 36.9 Å². The summed E-state index contributed by atoms with van der Waals surface area (Å²) in [6, 6.07) is 5.00. The summed E-state index contributed by atoms with van der Waals surface area (Å²) in [6.07, 6.45) is -2.88. The Morgan fingerprint density at radius 3 is 2.48 bits per heavy atom. The van der Waals surface area contributed by atoms with Crippen LogP contribution < -0.4 is 0 Å². The molecule has 6 heteroatoms. The van der Waals surface area contributed by atoms with E-state index in [2.05, 4.69) is 0 Å². The Hall–Kier alpha value is -1.56. The van der Waals surface area contributed by atoms with Gasteiger partial charge in [0.05, 0.1) is 11.5 Å². The van der Waals surface area contributed by atoms with E-state index in [4.69, 9.17) is 5.11 Å². The Bertz CT molecular complexity index is 499. The van der Waals surface area contributed by atoms with Crippen LogP contribution in [0.2, 0.25) is 0 Å². The number of carbonyl (C=O) groups is 1. The third-order valence-electron chi connectivity index (χ3n) is 4.07. The summed E-state index contributed by atoms with van der Waals surface area (Å²) in [5.74, 6) is -1.20. The lowest BCUT2D eigenvalue weighted by Crippen LogP contribution is -2.40. The molecule has 1 fully saturated rings. The topological polar surface area (TPSA) is 40.5 Å². The Kier molecular flexibility index (Phi) is 4.56. The largest absolute Gasteiger partial charge is 0.481 e. The van der Waals surface area contributed by atoms with Gasteiger partial charge in [-0.25, -0.2) is 0 Å². The van der Waals surface area contributed by atoms with Gasteiger partial charge in [-0.3, -0.25) is 9.69 Å². The predicted octanol–water partition coefficient (Wildman–Crippen LogP) is 3.56. The highest BCUT2D eigenvalue weighted by atomic mass is 19.4. The van der Waals surface area contributed by atoms with Gasteiger partial charge in [0.2, 0.25) is 0 Å². The van der Waals surface area contributed by atoms with Crippen LogP contribution >= 0.6 is 0 Å². The molecule has 0 bridgehead atoms. The van der Waals surface area contributed by atoms with Gasteiger partial charge in [0.25, 0.3) is 0 Å². The second-order valence-electron chi connectivity index (χ2n) is 5.47. The number of nitrogens with zero attached hydrogens (tertiary/aromatic N) is 1. The van der Waals surface area contributed by atoms with Crippen LogP contribution in [0.25, 0.3) is 0 Å². The maximum atomic E-state index is 12.5. The average molecular weight is 301 g/mol. The van der Waals surface area contributed by atoms with Gasteiger partial charge in [0.1, 0.15) is 0 Å². The van der Waals surface area contributed by atoms with Crippen LogP contribution in [0.5, 0.6) is 0 Å². The molecule has 0 saturated carbocycles. The number of carboxylic acids is 1. The van der Waals surface area contributed by atoms with Gasteiger partial charge in [-0.15, -0.1) is 0 Å². The first kappa shape index (κ1) is 15.8. The van der Waals surface area contributed by atoms with Crippen molar-refractivity contribution in [2.75, 3.05) is 13.1 Å². The molecule has 1 aromatic carbocycles. The van der Waals surface area contributed by atoms with Crippen molar-refractivity contribution in [2.24, 2.45) is 5.92 Å². The first-order chi connectivity index (χ1) is 9.79. The molecule has 1 aromatic rings. The smallest absolute Gasteiger partial charge is 0.416 e. The zero-order chi connectivity index (χ0) is 15.6. The minimum atomic E-state index is -4.33. The number of benzene rings is 1. The van der Waals surface area contributed by atoms with Gasteiger partial charge < -0.3 is 5.11 Å². The van der Waals surface area contributed by atoms with Crippen LogP contribution in [0.4, 0.5) is 13.2 Å². The number of rotatable bonds is 3. The Morgan fingerprint density at radius 2 is 1.95 bits per heavy atom. The van der Waals surface area contributed by atoms with Crippen LogP contribution in [0, 0.1) is 5.92 Å². The fourth-order valence-electron chi connectivity index (χ4n) is 2.72. The van der Waals surface area contributed by atoms with Crippen LogP contribution in [0.3, 0.4) is 0 Å². The van der Waals surface area contributed by atoms with Crippen LogP contribution in [-0.4, -0.2) is 29.1 Å². The first-order valence-corrected chi connectivity index (χ1v) is 6.93. The molecule has 1 saturated heterocycles. The van der Waals surface area contributed by atoms with E-state index in [9.17, 15) is 18.0 Å². The van der Waals surface area contributed by atoms with Gasteiger partial charge in [-0.2, -0.15) is 13.2 Å². The van der Waals surface area contributed by atoms with Crippen LogP contribution in [0.15, 0.2) is 24.3 Å². The monoisotopic (exact) mass is 301 g/mol. The molecule has 2 atom stereocenters. The second kappa shape index (κ2) is 6.05. The van der Waals surface area contributed by atoms with E-state index in [0.717, 1.165) is 30.7 Å². The van der Waals surface area contributed by atoms with Gasteiger partial charge in [0, 0.05) is 12.6 Å². The molecule has 116 valence electrons. The SMILES string of the molecule is CC(c1ccc(C(F)(F)F)cc1)N1CCCC(C(=O)O)C1. The molecule has 0 radical (unpaired) electrons. The third kappa shape index (κ3) is 3.75. The normalized spacial score (nSPS) is 22.0. The number of aliphatic carboxylic acids is 1. The average Bonchev–Trinajstić information content (AvgIpc) is 2.46. The number of likely N-dealkylation sites (tertiary alicyclic amines) is 1. The quantitative estimate of drug-likeness (QED) is 0.928. The van der Waals surface area contributed by atoms with Gasteiger partial charge >= 0.3 is 12.1 Å². The van der Waals surface area contributed by atoms with E-state index in [0.29, 0.717) is 13.0 Å². The number of halogens is 3. The van der Waals surface area contributed by atoms with Crippen molar-refractivity contribution >= 4 is 5.97 Å². The van der Waals surface area contributed by atoms with Crippen molar-refractivity contribution in [3.05, 3.63) is 35.4 Å². The third-order valence-corrected chi connectivity index (χ3v) is 4.07. The Balaban J connectivity index is 2.09. The van der Waals surface area contributed by atoms with E-state index in [1.165, 1.54) is 12.1 Å². The van der Waals surface area contributed by atoms with Crippen molar-refractivity contribution in [2.45, 2.75) is 32.0 Å². The lowest BCUT2D eigenvalue weighted by molar-refractivity contribution is -0.144. The van der Waals surface area contributed by atoms with Crippen LogP contribution in [-0.2, 0) is 11.0 Å². The summed E-state index contributed by atoms with van der Waals surface area (Å²) in [4.78, 5) is 13.1. The number of alkyl halides is 3. The first-order valence-electron chi connectivity index (χ1n) is 6.93. The van der Waals surface area contributed by atoms with Crippen molar-refractivity contribution < 1.29 is 23.1 Å². The number of hydrogen-bond donors (Lipinski definition) is 1. The zero-order valence-corrected chi connectivity index (χ0v) is 11.7. The molecule has 0 amide bonds. The maximum Gasteiger partial charge on any atom is 0.416 e. The molecule has 0 spiro atoms. The zero-order valence-electron chi connectivity index (χ0n) is 11.7. The summed E-state index contributed by atoms with van der Waals surface area (Å²) in [7, 11) is 0. The van der Waals surface area contributed by atoms with Gasteiger partial charge in [0.15, 0.2) is 0 Å².